The molecular formula is C13H16ClN3O. The van der Waals surface area contributed by atoms with Crippen molar-refractivity contribution in [2.75, 3.05) is 0 Å². The second kappa shape index (κ2) is 5.42. The number of aromatic hydroxyl groups is 1. The molecule has 0 saturated carbocycles. The largest absolute Gasteiger partial charge is 0.506 e. The monoisotopic (exact) mass is 265 g/mol. The van der Waals surface area contributed by atoms with E-state index in [1.807, 2.05) is 30.9 Å². The molecular weight excluding hydrogens is 250 g/mol. The summed E-state index contributed by atoms with van der Waals surface area (Å²) in [5, 5.41) is 17.2. The minimum atomic E-state index is 0.114. The maximum absolute atomic E-state index is 9.32. The van der Waals surface area contributed by atoms with Crippen molar-refractivity contribution in [1.29, 1.82) is 0 Å². The molecule has 0 saturated heterocycles. The Morgan fingerprint density at radius 2 is 2.17 bits per heavy atom. The van der Waals surface area contributed by atoms with Gasteiger partial charge in [-0.25, -0.2) is 0 Å². The van der Waals surface area contributed by atoms with Crippen molar-refractivity contribution in [3.05, 3.63) is 46.2 Å². The van der Waals surface area contributed by atoms with Crippen LogP contribution in [-0.2, 0) is 20.1 Å². The molecule has 5 heteroatoms. The van der Waals surface area contributed by atoms with Gasteiger partial charge in [-0.15, -0.1) is 0 Å². The molecule has 0 bridgehead atoms. The number of nitrogens with one attached hydrogen (secondary N) is 1. The van der Waals surface area contributed by atoms with E-state index in [-0.39, 0.29) is 5.75 Å². The van der Waals surface area contributed by atoms with Gasteiger partial charge >= 0.3 is 0 Å². The predicted molar refractivity (Wildman–Crippen MR) is 71.6 cm³/mol. The standard InChI is InChI=1S/C13H16ClN3O/c1-9-11(8-16-17(9)2)7-15-6-10-3-4-13(18)12(14)5-10/h3-5,8,15,18H,6-7H2,1-2H3. The third kappa shape index (κ3) is 2.83. The lowest BCUT2D eigenvalue weighted by molar-refractivity contribution is 0.475. The molecule has 0 unspecified atom stereocenters. The number of phenolic OH excluding ortho intramolecular Hbond substituents is 1. The van der Waals surface area contributed by atoms with Gasteiger partial charge in [-0.3, -0.25) is 4.68 Å². The normalized spacial score (nSPS) is 10.8. The highest BCUT2D eigenvalue weighted by atomic mass is 35.5. The Kier molecular flexibility index (Phi) is 3.89. The summed E-state index contributed by atoms with van der Waals surface area (Å²) in [5.74, 6) is 0.114. The van der Waals surface area contributed by atoms with Gasteiger partial charge in [0.1, 0.15) is 5.75 Å². The van der Waals surface area contributed by atoms with Gasteiger partial charge in [-0.2, -0.15) is 5.10 Å². The van der Waals surface area contributed by atoms with Gasteiger partial charge in [0.15, 0.2) is 0 Å². The smallest absolute Gasteiger partial charge is 0.134 e. The van der Waals surface area contributed by atoms with E-state index in [2.05, 4.69) is 10.4 Å². The van der Waals surface area contributed by atoms with E-state index in [9.17, 15) is 5.11 Å². The number of rotatable bonds is 4. The zero-order valence-electron chi connectivity index (χ0n) is 10.4. The van der Waals surface area contributed by atoms with Crippen molar-refractivity contribution >= 4 is 11.6 Å². The maximum atomic E-state index is 9.32. The highest BCUT2D eigenvalue weighted by Crippen LogP contribution is 2.23. The van der Waals surface area contributed by atoms with Crippen molar-refractivity contribution in [1.82, 2.24) is 15.1 Å². The maximum Gasteiger partial charge on any atom is 0.134 e. The van der Waals surface area contributed by atoms with Gasteiger partial charge < -0.3 is 10.4 Å². The summed E-state index contributed by atoms with van der Waals surface area (Å²) >= 11 is 5.85. The molecule has 0 fully saturated rings. The summed E-state index contributed by atoms with van der Waals surface area (Å²) in [5.41, 5.74) is 3.38. The van der Waals surface area contributed by atoms with E-state index in [4.69, 9.17) is 11.6 Å². The molecule has 0 aliphatic carbocycles. The summed E-state index contributed by atoms with van der Waals surface area (Å²) in [4.78, 5) is 0. The fourth-order valence-corrected chi connectivity index (χ4v) is 1.92. The first-order chi connectivity index (χ1) is 8.58. The van der Waals surface area contributed by atoms with Crippen LogP contribution in [0.4, 0.5) is 0 Å². The fraction of sp³-hybridized carbons (Fsp3) is 0.308. The van der Waals surface area contributed by atoms with Crippen LogP contribution in [0.25, 0.3) is 0 Å². The molecule has 2 rings (SSSR count). The lowest BCUT2D eigenvalue weighted by Crippen LogP contribution is -2.13. The predicted octanol–water partition coefficient (Wildman–Crippen LogP) is 2.38. The van der Waals surface area contributed by atoms with Crippen LogP contribution >= 0.6 is 11.6 Å². The molecule has 96 valence electrons. The van der Waals surface area contributed by atoms with Crippen LogP contribution in [0.3, 0.4) is 0 Å². The van der Waals surface area contributed by atoms with Crippen LogP contribution in [0.1, 0.15) is 16.8 Å². The topological polar surface area (TPSA) is 50.1 Å². The van der Waals surface area contributed by atoms with Gasteiger partial charge in [0.2, 0.25) is 0 Å². The summed E-state index contributed by atoms with van der Waals surface area (Å²) in [7, 11) is 1.93. The number of hydrogen-bond acceptors (Lipinski definition) is 3. The lowest BCUT2D eigenvalue weighted by atomic mass is 10.2. The van der Waals surface area contributed by atoms with E-state index in [1.165, 1.54) is 5.56 Å². The molecule has 1 aromatic carbocycles. The molecule has 2 aromatic rings. The van der Waals surface area contributed by atoms with Crippen LogP contribution in [-0.4, -0.2) is 14.9 Å². The Balaban J connectivity index is 1.92. The molecule has 0 amide bonds. The van der Waals surface area contributed by atoms with Crippen molar-refractivity contribution in [2.45, 2.75) is 20.0 Å². The van der Waals surface area contributed by atoms with E-state index >= 15 is 0 Å². The zero-order valence-corrected chi connectivity index (χ0v) is 11.2. The molecule has 0 atom stereocenters. The number of aryl methyl sites for hydroxylation is 1. The summed E-state index contributed by atoms with van der Waals surface area (Å²) in [6.07, 6.45) is 1.87. The van der Waals surface area contributed by atoms with Crippen LogP contribution in [0, 0.1) is 6.92 Å². The molecule has 2 N–H and O–H groups in total. The Morgan fingerprint density at radius 3 is 2.78 bits per heavy atom. The Morgan fingerprint density at radius 1 is 1.39 bits per heavy atom. The highest BCUT2D eigenvalue weighted by molar-refractivity contribution is 6.32. The highest BCUT2D eigenvalue weighted by Gasteiger charge is 2.03. The first kappa shape index (κ1) is 12.9. The minimum absolute atomic E-state index is 0.114. The third-order valence-electron chi connectivity index (χ3n) is 2.99. The van der Waals surface area contributed by atoms with Crippen molar-refractivity contribution in [3.63, 3.8) is 0 Å². The number of aromatic nitrogens is 2. The number of benzene rings is 1. The molecule has 4 nitrogen and oxygen atoms in total. The van der Waals surface area contributed by atoms with Crippen molar-refractivity contribution < 1.29 is 5.11 Å². The first-order valence-electron chi connectivity index (χ1n) is 5.73. The van der Waals surface area contributed by atoms with Crippen LogP contribution in [0.5, 0.6) is 5.75 Å². The summed E-state index contributed by atoms with van der Waals surface area (Å²) in [6.45, 7) is 3.51. The van der Waals surface area contributed by atoms with E-state index < -0.39 is 0 Å². The van der Waals surface area contributed by atoms with Gasteiger partial charge in [0.05, 0.1) is 11.2 Å². The van der Waals surface area contributed by atoms with Crippen LogP contribution in [0.2, 0.25) is 5.02 Å². The molecule has 18 heavy (non-hydrogen) atoms. The van der Waals surface area contributed by atoms with Gasteiger partial charge in [-0.1, -0.05) is 17.7 Å². The molecule has 0 radical (unpaired) electrons. The Bertz CT molecular complexity index is 551. The van der Waals surface area contributed by atoms with E-state index in [1.54, 1.807) is 12.1 Å². The summed E-state index contributed by atoms with van der Waals surface area (Å²) < 4.78 is 1.86. The molecule has 1 aromatic heterocycles. The van der Waals surface area contributed by atoms with Crippen molar-refractivity contribution in [3.8, 4) is 5.75 Å². The molecule has 0 aliphatic heterocycles. The number of halogens is 1. The summed E-state index contributed by atoms with van der Waals surface area (Å²) in [6, 6.07) is 5.22. The Labute approximate surface area is 111 Å². The molecule has 1 heterocycles. The average molecular weight is 266 g/mol. The van der Waals surface area contributed by atoms with E-state index in [0.717, 1.165) is 17.8 Å². The average Bonchev–Trinajstić information content (AvgIpc) is 2.66. The first-order valence-corrected chi connectivity index (χ1v) is 6.11. The van der Waals surface area contributed by atoms with Gasteiger partial charge in [-0.05, 0) is 24.6 Å². The molecule has 0 aliphatic rings. The quantitative estimate of drug-likeness (QED) is 0.892. The zero-order chi connectivity index (χ0) is 13.1. The second-order valence-electron chi connectivity index (χ2n) is 4.27. The fourth-order valence-electron chi connectivity index (χ4n) is 1.72. The number of nitrogens with zero attached hydrogens (tertiary/aromatic N) is 2. The van der Waals surface area contributed by atoms with Crippen LogP contribution in [0.15, 0.2) is 24.4 Å². The number of hydrogen-bond donors (Lipinski definition) is 2. The van der Waals surface area contributed by atoms with E-state index in [0.29, 0.717) is 11.6 Å². The van der Waals surface area contributed by atoms with Gasteiger partial charge in [0.25, 0.3) is 0 Å². The van der Waals surface area contributed by atoms with Gasteiger partial charge in [0, 0.05) is 31.4 Å². The third-order valence-corrected chi connectivity index (χ3v) is 3.30. The lowest BCUT2D eigenvalue weighted by Gasteiger charge is -2.06. The molecule has 0 spiro atoms. The van der Waals surface area contributed by atoms with Crippen LogP contribution < -0.4 is 5.32 Å². The Hall–Kier alpha value is -1.52. The SMILES string of the molecule is Cc1c(CNCc2ccc(O)c(Cl)c2)cnn1C. The second-order valence-corrected chi connectivity index (χ2v) is 4.68. The number of phenols is 1. The van der Waals surface area contributed by atoms with Crippen molar-refractivity contribution in [2.24, 2.45) is 7.05 Å². The minimum Gasteiger partial charge on any atom is -0.506 e.